The van der Waals surface area contributed by atoms with Gasteiger partial charge in [-0.15, -0.1) is 11.3 Å². The molecule has 0 aliphatic carbocycles. The molecule has 1 aliphatic heterocycles. The lowest BCUT2D eigenvalue weighted by Crippen LogP contribution is -2.39. The lowest BCUT2D eigenvalue weighted by Gasteiger charge is -2.28. The molecular weight excluding hydrogens is 500 g/mol. The first-order chi connectivity index (χ1) is 18.2. The minimum atomic E-state index is -0.0332. The summed E-state index contributed by atoms with van der Waals surface area (Å²) in [7, 11) is 0. The summed E-state index contributed by atoms with van der Waals surface area (Å²) < 4.78 is 6.60. The van der Waals surface area contributed by atoms with E-state index in [-0.39, 0.29) is 5.91 Å². The summed E-state index contributed by atoms with van der Waals surface area (Å²) in [5, 5.41) is 3.64. The Bertz CT molecular complexity index is 1540. The van der Waals surface area contributed by atoms with Crippen LogP contribution in [-0.4, -0.2) is 60.2 Å². The molecule has 1 amide bonds. The number of ether oxygens (including phenoxy) is 1. The van der Waals surface area contributed by atoms with Crippen molar-refractivity contribution < 1.29 is 9.53 Å². The maximum Gasteiger partial charge on any atom is 0.260 e. The van der Waals surface area contributed by atoms with Crippen molar-refractivity contribution >= 4 is 54.8 Å². The number of hydrogen-bond acceptors (Lipinski definition) is 7. The van der Waals surface area contributed by atoms with E-state index >= 15 is 0 Å². The summed E-state index contributed by atoms with van der Waals surface area (Å²) in [6.45, 7) is 7.03. The van der Waals surface area contributed by atoms with Crippen molar-refractivity contribution in [2.75, 3.05) is 44.3 Å². The molecule has 5 aromatic rings. The normalized spacial score (nSPS) is 14.4. The Balaban J connectivity index is 1.39. The number of carbonyl (C=O) groups is 1. The van der Waals surface area contributed by atoms with Crippen LogP contribution in [0.4, 0.5) is 5.13 Å². The first-order valence-corrected chi connectivity index (χ1v) is 14.3. The van der Waals surface area contributed by atoms with Crippen LogP contribution < -0.4 is 4.90 Å². The molecule has 0 saturated carbocycles. The van der Waals surface area contributed by atoms with E-state index in [0.29, 0.717) is 12.1 Å². The summed E-state index contributed by atoms with van der Waals surface area (Å²) in [4.78, 5) is 29.4. The molecule has 3 aromatic heterocycles. The number of para-hydroxylation sites is 1. The topological polar surface area (TPSA) is 58.6 Å². The number of fused-ring (bicyclic) bond motifs is 2. The van der Waals surface area contributed by atoms with Crippen molar-refractivity contribution in [1.29, 1.82) is 0 Å². The van der Waals surface area contributed by atoms with Gasteiger partial charge in [0.05, 0.1) is 45.1 Å². The number of amides is 1. The molecule has 188 valence electrons. The summed E-state index contributed by atoms with van der Waals surface area (Å²) in [5.41, 5.74) is 4.43. The van der Waals surface area contributed by atoms with Crippen LogP contribution in [0.15, 0.2) is 66.0 Å². The van der Waals surface area contributed by atoms with Gasteiger partial charge in [-0.25, -0.2) is 9.97 Å². The van der Waals surface area contributed by atoms with E-state index in [1.165, 1.54) is 5.56 Å². The van der Waals surface area contributed by atoms with Gasteiger partial charge in [0.1, 0.15) is 0 Å². The van der Waals surface area contributed by atoms with Crippen molar-refractivity contribution in [3.63, 3.8) is 0 Å². The average Bonchev–Trinajstić information content (AvgIpc) is 3.61. The van der Waals surface area contributed by atoms with Crippen molar-refractivity contribution in [1.82, 2.24) is 14.9 Å². The largest absolute Gasteiger partial charge is 0.379 e. The van der Waals surface area contributed by atoms with Gasteiger partial charge in [-0.3, -0.25) is 14.6 Å². The average molecular weight is 529 g/mol. The molecule has 37 heavy (non-hydrogen) atoms. The smallest absolute Gasteiger partial charge is 0.260 e. The predicted octanol–water partition coefficient (Wildman–Crippen LogP) is 6.25. The number of thiazole rings is 1. The zero-order valence-corrected chi connectivity index (χ0v) is 22.4. The van der Waals surface area contributed by atoms with Gasteiger partial charge >= 0.3 is 0 Å². The quantitative estimate of drug-likeness (QED) is 0.250. The molecular formula is C29H28N4O2S2. The fourth-order valence-electron chi connectivity index (χ4n) is 4.74. The lowest BCUT2D eigenvalue weighted by molar-refractivity contribution is 0.0376. The van der Waals surface area contributed by atoms with Crippen LogP contribution in [0.3, 0.4) is 0 Å². The second-order valence-corrected chi connectivity index (χ2v) is 11.2. The van der Waals surface area contributed by atoms with Crippen molar-refractivity contribution in [3.05, 3.63) is 77.2 Å². The fourth-order valence-corrected chi connectivity index (χ4v) is 6.52. The number of rotatable bonds is 7. The highest BCUT2D eigenvalue weighted by molar-refractivity contribution is 7.22. The number of thiophene rings is 1. The van der Waals surface area contributed by atoms with Crippen LogP contribution in [0.25, 0.3) is 31.7 Å². The Labute approximate surface area is 224 Å². The second kappa shape index (κ2) is 10.7. The number of morpholine rings is 1. The van der Waals surface area contributed by atoms with Gasteiger partial charge in [-0.2, -0.15) is 0 Å². The zero-order valence-electron chi connectivity index (χ0n) is 20.7. The number of anilines is 1. The molecule has 0 bridgehead atoms. The van der Waals surface area contributed by atoms with Crippen LogP contribution in [0.2, 0.25) is 0 Å². The van der Waals surface area contributed by atoms with E-state index < -0.39 is 0 Å². The maximum absolute atomic E-state index is 14.3. The second-order valence-electron chi connectivity index (χ2n) is 9.28. The van der Waals surface area contributed by atoms with E-state index in [1.807, 2.05) is 58.8 Å². The van der Waals surface area contributed by atoms with Gasteiger partial charge in [0.15, 0.2) is 5.13 Å². The first-order valence-electron chi connectivity index (χ1n) is 12.6. The van der Waals surface area contributed by atoms with Crippen molar-refractivity contribution in [2.24, 2.45) is 0 Å². The Morgan fingerprint density at radius 2 is 1.89 bits per heavy atom. The van der Waals surface area contributed by atoms with Crippen LogP contribution in [0, 0.1) is 6.92 Å². The van der Waals surface area contributed by atoms with Gasteiger partial charge in [0.25, 0.3) is 5.91 Å². The third-order valence-corrected chi connectivity index (χ3v) is 8.62. The molecule has 8 heteroatoms. The Kier molecular flexibility index (Phi) is 6.97. The number of carbonyl (C=O) groups excluding carboxylic acids is 1. The molecule has 1 saturated heterocycles. The number of aryl methyl sites for hydroxylation is 1. The molecule has 0 radical (unpaired) electrons. The van der Waals surface area contributed by atoms with Crippen molar-refractivity contribution in [3.8, 4) is 10.6 Å². The van der Waals surface area contributed by atoms with Crippen LogP contribution >= 0.6 is 22.7 Å². The Morgan fingerprint density at radius 3 is 2.73 bits per heavy atom. The SMILES string of the molecule is Cc1ccc2nc(N(CCCN3CCOCC3)C(=O)c3cc(-c4cccs4)nc4ccccc34)sc2c1. The lowest BCUT2D eigenvalue weighted by atomic mass is 10.1. The van der Waals surface area contributed by atoms with Gasteiger partial charge in [-0.05, 0) is 54.6 Å². The van der Waals surface area contributed by atoms with Crippen molar-refractivity contribution in [2.45, 2.75) is 13.3 Å². The predicted molar refractivity (Wildman–Crippen MR) is 153 cm³/mol. The molecule has 2 aromatic carbocycles. The Hall–Kier alpha value is -3.17. The minimum absolute atomic E-state index is 0.0332. The summed E-state index contributed by atoms with van der Waals surface area (Å²) in [5.74, 6) is -0.0332. The van der Waals surface area contributed by atoms with E-state index in [4.69, 9.17) is 14.7 Å². The molecule has 6 rings (SSSR count). The van der Waals surface area contributed by atoms with E-state index in [1.54, 1.807) is 22.7 Å². The number of aromatic nitrogens is 2. The minimum Gasteiger partial charge on any atom is -0.379 e. The van der Waals surface area contributed by atoms with Gasteiger partial charge < -0.3 is 4.74 Å². The van der Waals surface area contributed by atoms with Gasteiger partial charge in [0, 0.05) is 31.6 Å². The standard InChI is InChI=1S/C29H28N4O2S2/c1-20-9-10-24-27(18-20)37-29(31-24)33(12-5-11-32-13-15-35-16-14-32)28(34)22-19-25(26-8-4-17-36-26)30-23-7-3-2-6-21(22)23/h2-4,6-10,17-19H,5,11-16H2,1H3. The van der Waals surface area contributed by atoms with Gasteiger partial charge in [0.2, 0.25) is 0 Å². The highest BCUT2D eigenvalue weighted by Gasteiger charge is 2.25. The number of hydrogen-bond donors (Lipinski definition) is 0. The number of benzene rings is 2. The fraction of sp³-hybridized carbons (Fsp3) is 0.276. The zero-order chi connectivity index (χ0) is 25.2. The molecule has 0 atom stereocenters. The summed E-state index contributed by atoms with van der Waals surface area (Å²) in [6.07, 6.45) is 0.863. The van der Waals surface area contributed by atoms with E-state index in [9.17, 15) is 4.79 Å². The first kappa shape index (κ1) is 24.2. The molecule has 6 nitrogen and oxygen atoms in total. The molecule has 1 fully saturated rings. The molecule has 0 unspecified atom stereocenters. The Morgan fingerprint density at radius 1 is 1.03 bits per heavy atom. The van der Waals surface area contributed by atoms with Gasteiger partial charge in [-0.1, -0.05) is 41.7 Å². The molecule has 4 heterocycles. The van der Waals surface area contributed by atoms with E-state index in [2.05, 4.69) is 24.0 Å². The number of nitrogens with zero attached hydrogens (tertiary/aromatic N) is 4. The van der Waals surface area contributed by atoms with Crippen LogP contribution in [-0.2, 0) is 4.74 Å². The van der Waals surface area contributed by atoms with Crippen LogP contribution in [0.1, 0.15) is 22.3 Å². The third-order valence-electron chi connectivity index (χ3n) is 6.69. The van der Waals surface area contributed by atoms with E-state index in [0.717, 1.165) is 76.1 Å². The third kappa shape index (κ3) is 5.15. The summed E-state index contributed by atoms with van der Waals surface area (Å²) in [6, 6.07) is 20.2. The monoisotopic (exact) mass is 528 g/mol. The maximum atomic E-state index is 14.3. The molecule has 0 N–H and O–H groups in total. The number of pyridine rings is 1. The highest BCUT2D eigenvalue weighted by atomic mass is 32.1. The summed E-state index contributed by atoms with van der Waals surface area (Å²) >= 11 is 3.21. The van der Waals surface area contributed by atoms with Crippen LogP contribution in [0.5, 0.6) is 0 Å². The molecule has 1 aliphatic rings. The highest BCUT2D eigenvalue weighted by Crippen LogP contribution is 2.33. The molecule has 0 spiro atoms.